The van der Waals surface area contributed by atoms with E-state index in [4.69, 9.17) is 14.6 Å². The summed E-state index contributed by atoms with van der Waals surface area (Å²) in [6.07, 6.45) is 0.445. The van der Waals surface area contributed by atoms with E-state index in [2.05, 4.69) is 10.2 Å². The molecule has 0 radical (unpaired) electrons. The second-order valence-corrected chi connectivity index (χ2v) is 4.00. The second kappa shape index (κ2) is 5.52. The minimum absolute atomic E-state index is 0.0108. The predicted octanol–water partition coefficient (Wildman–Crippen LogP) is 1.01. The van der Waals surface area contributed by atoms with Crippen molar-refractivity contribution < 1.29 is 19.4 Å². The van der Waals surface area contributed by atoms with Gasteiger partial charge in [0, 0.05) is 38.1 Å². The van der Waals surface area contributed by atoms with E-state index in [9.17, 15) is 4.79 Å². The van der Waals surface area contributed by atoms with Crippen LogP contribution in [0.4, 0.5) is 4.79 Å². The van der Waals surface area contributed by atoms with Crippen LogP contribution < -0.4 is 9.47 Å². The molecule has 1 aliphatic heterocycles. The zero-order chi connectivity index (χ0) is 13.0. The van der Waals surface area contributed by atoms with E-state index >= 15 is 0 Å². The summed E-state index contributed by atoms with van der Waals surface area (Å²) in [6, 6.07) is 3.37. The third-order valence-corrected chi connectivity index (χ3v) is 2.82. The summed E-state index contributed by atoms with van der Waals surface area (Å²) in [5.41, 5.74) is 0. The molecule has 0 aromatic carbocycles. The van der Waals surface area contributed by atoms with Gasteiger partial charge in [-0.3, -0.25) is 0 Å². The van der Waals surface area contributed by atoms with Crippen molar-refractivity contribution in [2.45, 2.75) is 18.9 Å². The summed E-state index contributed by atoms with van der Waals surface area (Å²) < 4.78 is 10.5. The third-order valence-electron chi connectivity index (χ3n) is 2.82. The Bertz CT molecular complexity index is 401. The van der Waals surface area contributed by atoms with Crippen LogP contribution in [0.5, 0.6) is 11.8 Å². The molecule has 7 nitrogen and oxygen atoms in total. The van der Waals surface area contributed by atoms with Crippen molar-refractivity contribution in [2.24, 2.45) is 0 Å². The molecule has 0 spiro atoms. The fraction of sp³-hybridized carbons (Fsp3) is 0.545. The van der Waals surface area contributed by atoms with Gasteiger partial charge in [-0.15, -0.1) is 10.2 Å². The van der Waals surface area contributed by atoms with E-state index in [0.717, 1.165) is 0 Å². The third kappa shape index (κ3) is 2.99. The number of carboxylic acid groups (broad SMARTS) is 1. The van der Waals surface area contributed by atoms with E-state index in [-0.39, 0.29) is 6.10 Å². The van der Waals surface area contributed by atoms with Crippen molar-refractivity contribution in [3.05, 3.63) is 12.1 Å². The molecule has 1 aromatic rings. The molecule has 2 rings (SSSR count). The lowest BCUT2D eigenvalue weighted by molar-refractivity contribution is 0.0863. The van der Waals surface area contributed by atoms with Crippen molar-refractivity contribution in [2.75, 3.05) is 20.2 Å². The fourth-order valence-corrected chi connectivity index (χ4v) is 1.82. The number of rotatable bonds is 3. The summed E-state index contributed by atoms with van der Waals surface area (Å²) in [6.45, 7) is 0.979. The van der Waals surface area contributed by atoms with E-state index in [1.807, 2.05) is 0 Å². The van der Waals surface area contributed by atoms with Crippen LogP contribution in [-0.2, 0) is 0 Å². The highest BCUT2D eigenvalue weighted by Crippen LogP contribution is 2.17. The molecule has 7 heteroatoms. The Morgan fingerprint density at radius 2 is 1.94 bits per heavy atom. The molecule has 0 unspecified atom stereocenters. The standard InChI is InChI=1S/C11H15N3O4/c1-17-9-2-3-10(13-12-9)18-8-4-6-14(7-5-8)11(15)16/h2-3,8H,4-7H2,1H3,(H,15,16). The van der Waals surface area contributed by atoms with Crippen LogP contribution >= 0.6 is 0 Å². The molecule has 2 heterocycles. The van der Waals surface area contributed by atoms with Gasteiger partial charge in [0.1, 0.15) is 6.10 Å². The van der Waals surface area contributed by atoms with Crippen LogP contribution in [0.15, 0.2) is 12.1 Å². The molecule has 1 saturated heterocycles. The zero-order valence-electron chi connectivity index (χ0n) is 10.1. The lowest BCUT2D eigenvalue weighted by Crippen LogP contribution is -2.41. The minimum atomic E-state index is -0.877. The average Bonchev–Trinajstić information content (AvgIpc) is 2.40. The highest BCUT2D eigenvalue weighted by molar-refractivity contribution is 5.65. The van der Waals surface area contributed by atoms with Crippen molar-refractivity contribution >= 4 is 6.09 Å². The summed E-state index contributed by atoms with van der Waals surface area (Å²) >= 11 is 0. The lowest BCUT2D eigenvalue weighted by atomic mass is 10.1. The number of hydrogen-bond donors (Lipinski definition) is 1. The highest BCUT2D eigenvalue weighted by Gasteiger charge is 2.23. The maximum atomic E-state index is 10.7. The molecule has 0 bridgehead atoms. The first-order valence-corrected chi connectivity index (χ1v) is 5.71. The van der Waals surface area contributed by atoms with Crippen LogP contribution in [0.25, 0.3) is 0 Å². The molecule has 0 saturated carbocycles. The van der Waals surface area contributed by atoms with Crippen molar-refractivity contribution in [3.63, 3.8) is 0 Å². The van der Waals surface area contributed by atoms with Gasteiger partial charge >= 0.3 is 6.09 Å². The molecule has 0 atom stereocenters. The van der Waals surface area contributed by atoms with Gasteiger partial charge in [-0.2, -0.15) is 0 Å². The van der Waals surface area contributed by atoms with Gasteiger partial charge in [0.05, 0.1) is 7.11 Å². The summed E-state index contributed by atoms with van der Waals surface area (Å²) in [5.74, 6) is 0.868. The number of aromatic nitrogens is 2. The lowest BCUT2D eigenvalue weighted by Gasteiger charge is -2.29. The topological polar surface area (TPSA) is 84.8 Å². The second-order valence-electron chi connectivity index (χ2n) is 4.00. The van der Waals surface area contributed by atoms with E-state index in [1.54, 1.807) is 12.1 Å². The molecular weight excluding hydrogens is 238 g/mol. The van der Waals surface area contributed by atoms with Crippen molar-refractivity contribution in [3.8, 4) is 11.8 Å². The smallest absolute Gasteiger partial charge is 0.407 e. The monoisotopic (exact) mass is 253 g/mol. The largest absolute Gasteiger partial charge is 0.480 e. The number of piperidine rings is 1. The summed E-state index contributed by atoms with van der Waals surface area (Å²) in [7, 11) is 1.52. The van der Waals surface area contributed by atoms with E-state index < -0.39 is 6.09 Å². The summed E-state index contributed by atoms with van der Waals surface area (Å²) in [4.78, 5) is 12.1. The van der Waals surface area contributed by atoms with Crippen LogP contribution in [0, 0.1) is 0 Å². The first-order chi connectivity index (χ1) is 8.69. The number of methoxy groups -OCH3 is 1. The van der Waals surface area contributed by atoms with Gasteiger partial charge in [0.2, 0.25) is 11.8 Å². The first-order valence-electron chi connectivity index (χ1n) is 5.71. The molecule has 1 amide bonds. The Balaban J connectivity index is 1.85. The summed E-state index contributed by atoms with van der Waals surface area (Å²) in [5, 5.41) is 16.5. The number of likely N-dealkylation sites (tertiary alicyclic amines) is 1. The van der Waals surface area contributed by atoms with Crippen LogP contribution in [0.2, 0.25) is 0 Å². The molecule has 98 valence electrons. The Kier molecular flexibility index (Phi) is 3.81. The van der Waals surface area contributed by atoms with Crippen LogP contribution in [-0.4, -0.2) is 52.6 Å². The van der Waals surface area contributed by atoms with Crippen molar-refractivity contribution in [1.82, 2.24) is 15.1 Å². The number of ether oxygens (including phenoxy) is 2. The van der Waals surface area contributed by atoms with E-state index in [1.165, 1.54) is 12.0 Å². The molecule has 1 fully saturated rings. The highest BCUT2D eigenvalue weighted by atomic mass is 16.5. The maximum absolute atomic E-state index is 10.7. The van der Waals surface area contributed by atoms with Gasteiger partial charge in [0.15, 0.2) is 0 Å². The average molecular weight is 253 g/mol. The van der Waals surface area contributed by atoms with Crippen molar-refractivity contribution in [1.29, 1.82) is 0 Å². The maximum Gasteiger partial charge on any atom is 0.407 e. The number of hydrogen-bond acceptors (Lipinski definition) is 5. The predicted molar refractivity (Wildman–Crippen MR) is 61.8 cm³/mol. The van der Waals surface area contributed by atoms with Crippen LogP contribution in [0.1, 0.15) is 12.8 Å². The SMILES string of the molecule is COc1ccc(OC2CCN(C(=O)O)CC2)nn1. The Hall–Kier alpha value is -2.05. The van der Waals surface area contributed by atoms with Crippen LogP contribution in [0.3, 0.4) is 0 Å². The Morgan fingerprint density at radius 1 is 1.33 bits per heavy atom. The molecule has 0 aliphatic carbocycles. The fourth-order valence-electron chi connectivity index (χ4n) is 1.82. The molecule has 1 aromatic heterocycles. The normalized spacial score (nSPS) is 16.4. The quantitative estimate of drug-likeness (QED) is 0.865. The van der Waals surface area contributed by atoms with Gasteiger partial charge in [-0.25, -0.2) is 4.79 Å². The van der Waals surface area contributed by atoms with Gasteiger partial charge < -0.3 is 19.5 Å². The van der Waals surface area contributed by atoms with E-state index in [0.29, 0.717) is 37.7 Å². The first kappa shape index (κ1) is 12.4. The molecule has 1 N–H and O–H groups in total. The number of amides is 1. The Morgan fingerprint density at radius 3 is 2.44 bits per heavy atom. The number of carbonyl (C=O) groups is 1. The van der Waals surface area contributed by atoms with Gasteiger partial charge in [-0.1, -0.05) is 0 Å². The van der Waals surface area contributed by atoms with Gasteiger partial charge in [0.25, 0.3) is 0 Å². The molecular formula is C11H15N3O4. The zero-order valence-corrected chi connectivity index (χ0v) is 10.1. The molecule has 18 heavy (non-hydrogen) atoms. The Labute approximate surface area is 104 Å². The minimum Gasteiger partial charge on any atom is -0.480 e. The molecule has 1 aliphatic rings. The van der Waals surface area contributed by atoms with Gasteiger partial charge in [-0.05, 0) is 0 Å². The number of nitrogens with zero attached hydrogens (tertiary/aromatic N) is 3.